The number of nitrogens with one attached hydrogen (secondary N) is 1. The summed E-state index contributed by atoms with van der Waals surface area (Å²) >= 11 is 6.75. The molecule has 1 heterocycles. The Morgan fingerprint density at radius 1 is 1.15 bits per heavy atom. The number of nitrogens with two attached hydrogens (primary N) is 1. The molecule has 0 radical (unpaired) electrons. The van der Waals surface area contributed by atoms with Crippen LogP contribution in [0.4, 0.5) is 11.5 Å². The molecule has 4 N–H and O–H groups in total. The molecule has 0 aliphatic rings. The van der Waals surface area contributed by atoms with Crippen LogP contribution in [-0.4, -0.2) is 20.8 Å². The van der Waals surface area contributed by atoms with E-state index in [9.17, 15) is 5.11 Å². The van der Waals surface area contributed by atoms with Crippen LogP contribution < -0.4 is 11.2 Å². The van der Waals surface area contributed by atoms with Crippen molar-refractivity contribution in [2.24, 2.45) is 5.10 Å². The van der Waals surface area contributed by atoms with Crippen LogP contribution in [0.1, 0.15) is 18.2 Å². The quantitative estimate of drug-likeness (QED) is 0.268. The van der Waals surface area contributed by atoms with Crippen molar-refractivity contribution >= 4 is 49.1 Å². The summed E-state index contributed by atoms with van der Waals surface area (Å²) in [6.45, 7) is 3.74. The first-order valence-electron chi connectivity index (χ1n) is 8.04. The van der Waals surface area contributed by atoms with Gasteiger partial charge < -0.3 is 10.8 Å². The Morgan fingerprint density at radius 3 is 2.67 bits per heavy atom. The van der Waals surface area contributed by atoms with Crippen LogP contribution >= 0.6 is 31.9 Å². The van der Waals surface area contributed by atoms with Crippen LogP contribution in [0.3, 0.4) is 0 Å². The monoisotopic (exact) mass is 489 g/mol. The van der Waals surface area contributed by atoms with Gasteiger partial charge in [-0.3, -0.25) is 5.43 Å². The molecule has 0 aliphatic heterocycles. The number of anilines is 2. The molecule has 8 heteroatoms. The van der Waals surface area contributed by atoms with E-state index >= 15 is 0 Å². The highest BCUT2D eigenvalue weighted by molar-refractivity contribution is 9.11. The fraction of sp³-hybridized carbons (Fsp3) is 0.105. The largest absolute Gasteiger partial charge is 0.506 e. The molecule has 0 aliphatic carbocycles. The highest BCUT2D eigenvalue weighted by atomic mass is 79.9. The standard InChI is InChI=1S/C19H17Br2N5O/c1-10-6-17(26-25-11(2)12-4-3-5-14(22)7-12)24-19(23-10)15-8-13(20)9-16(21)18(15)27/h3-9,27H,22H2,1-2H3,(H,23,24,26). The molecule has 2 aromatic carbocycles. The number of phenols is 1. The van der Waals surface area contributed by atoms with Gasteiger partial charge in [0.25, 0.3) is 0 Å². The predicted molar refractivity (Wildman–Crippen MR) is 116 cm³/mol. The van der Waals surface area contributed by atoms with Crippen molar-refractivity contribution in [3.05, 3.63) is 62.7 Å². The van der Waals surface area contributed by atoms with Crippen molar-refractivity contribution in [3.8, 4) is 17.1 Å². The van der Waals surface area contributed by atoms with Gasteiger partial charge in [-0.25, -0.2) is 9.97 Å². The summed E-state index contributed by atoms with van der Waals surface area (Å²) in [5, 5.41) is 14.7. The number of aromatic hydroxyl groups is 1. The van der Waals surface area contributed by atoms with E-state index in [2.05, 4.69) is 52.4 Å². The van der Waals surface area contributed by atoms with Gasteiger partial charge in [-0.15, -0.1) is 0 Å². The maximum atomic E-state index is 10.3. The first kappa shape index (κ1) is 19.3. The number of halogens is 2. The number of hydrazone groups is 1. The Bertz CT molecular complexity index is 1040. The van der Waals surface area contributed by atoms with E-state index in [0.717, 1.165) is 21.4 Å². The third-order valence-electron chi connectivity index (χ3n) is 3.77. The third-order valence-corrected chi connectivity index (χ3v) is 4.83. The van der Waals surface area contributed by atoms with E-state index in [1.165, 1.54) is 0 Å². The molecule has 3 aromatic rings. The van der Waals surface area contributed by atoms with Gasteiger partial charge in [0, 0.05) is 21.9 Å². The minimum atomic E-state index is 0.0780. The highest BCUT2D eigenvalue weighted by Crippen LogP contribution is 2.37. The Morgan fingerprint density at radius 2 is 1.93 bits per heavy atom. The van der Waals surface area contributed by atoms with E-state index in [4.69, 9.17) is 5.73 Å². The Kier molecular flexibility index (Phi) is 5.76. The molecule has 0 saturated heterocycles. The minimum Gasteiger partial charge on any atom is -0.506 e. The van der Waals surface area contributed by atoms with Crippen molar-refractivity contribution in [1.82, 2.24) is 9.97 Å². The summed E-state index contributed by atoms with van der Waals surface area (Å²) in [4.78, 5) is 8.90. The molecule has 6 nitrogen and oxygen atoms in total. The molecule has 0 unspecified atom stereocenters. The average Bonchev–Trinajstić information content (AvgIpc) is 2.62. The molecule has 0 fully saturated rings. The summed E-state index contributed by atoms with van der Waals surface area (Å²) in [7, 11) is 0. The van der Waals surface area contributed by atoms with Crippen molar-refractivity contribution in [2.75, 3.05) is 11.2 Å². The maximum absolute atomic E-state index is 10.3. The summed E-state index contributed by atoms with van der Waals surface area (Å²) in [6.07, 6.45) is 0. The summed E-state index contributed by atoms with van der Waals surface area (Å²) in [5.41, 5.74) is 12.4. The zero-order valence-electron chi connectivity index (χ0n) is 14.7. The fourth-order valence-corrected chi connectivity index (χ4v) is 3.68. The number of benzene rings is 2. The molecule has 0 bridgehead atoms. The van der Waals surface area contributed by atoms with E-state index in [1.807, 2.05) is 38.1 Å². The van der Waals surface area contributed by atoms with Gasteiger partial charge in [0.1, 0.15) is 5.75 Å². The van der Waals surface area contributed by atoms with Gasteiger partial charge >= 0.3 is 0 Å². The third kappa shape index (κ3) is 4.64. The van der Waals surface area contributed by atoms with Crippen LogP contribution in [0, 0.1) is 6.92 Å². The Hall–Kier alpha value is -2.45. The summed E-state index contributed by atoms with van der Waals surface area (Å²) in [5.74, 6) is 0.999. The number of nitrogens with zero attached hydrogens (tertiary/aromatic N) is 3. The summed E-state index contributed by atoms with van der Waals surface area (Å²) in [6, 6.07) is 12.8. The van der Waals surface area contributed by atoms with Crippen molar-refractivity contribution in [3.63, 3.8) is 0 Å². The van der Waals surface area contributed by atoms with Crippen LogP contribution in [0.25, 0.3) is 11.4 Å². The number of aryl methyl sites for hydroxylation is 1. The molecule has 0 spiro atoms. The molecular formula is C19H17Br2N5O. The molecule has 0 saturated carbocycles. The minimum absolute atomic E-state index is 0.0780. The second-order valence-electron chi connectivity index (χ2n) is 5.94. The number of hydrogen-bond donors (Lipinski definition) is 3. The van der Waals surface area contributed by atoms with Crippen LogP contribution in [0.5, 0.6) is 5.75 Å². The molecule has 3 rings (SSSR count). The first-order valence-corrected chi connectivity index (χ1v) is 9.62. The van der Waals surface area contributed by atoms with Crippen molar-refractivity contribution in [1.29, 1.82) is 0 Å². The van der Waals surface area contributed by atoms with Gasteiger partial charge in [-0.1, -0.05) is 28.1 Å². The topological polar surface area (TPSA) is 96.4 Å². The maximum Gasteiger partial charge on any atom is 0.165 e. The molecule has 0 atom stereocenters. The zero-order valence-corrected chi connectivity index (χ0v) is 17.8. The zero-order chi connectivity index (χ0) is 19.6. The Labute approximate surface area is 173 Å². The first-order chi connectivity index (χ1) is 12.8. The van der Waals surface area contributed by atoms with Crippen LogP contribution in [0.2, 0.25) is 0 Å². The summed E-state index contributed by atoms with van der Waals surface area (Å²) < 4.78 is 1.36. The lowest BCUT2D eigenvalue weighted by Crippen LogP contribution is -2.03. The van der Waals surface area contributed by atoms with E-state index in [0.29, 0.717) is 27.4 Å². The van der Waals surface area contributed by atoms with Crippen LogP contribution in [-0.2, 0) is 0 Å². The molecule has 138 valence electrons. The molecule has 27 heavy (non-hydrogen) atoms. The van der Waals surface area contributed by atoms with Gasteiger partial charge in [-0.2, -0.15) is 5.10 Å². The van der Waals surface area contributed by atoms with Crippen molar-refractivity contribution < 1.29 is 5.11 Å². The number of hydrogen-bond acceptors (Lipinski definition) is 6. The number of phenolic OH excluding ortho intramolecular Hbond substituents is 1. The van der Waals surface area contributed by atoms with E-state index < -0.39 is 0 Å². The molecule has 0 amide bonds. The SMILES string of the molecule is CC(=NNc1cc(C)nc(-c2cc(Br)cc(Br)c2O)n1)c1cccc(N)c1. The highest BCUT2D eigenvalue weighted by Gasteiger charge is 2.13. The smallest absolute Gasteiger partial charge is 0.165 e. The molecule has 1 aromatic heterocycles. The Balaban J connectivity index is 1.94. The second kappa shape index (κ2) is 8.06. The normalized spacial score (nSPS) is 11.5. The van der Waals surface area contributed by atoms with Gasteiger partial charge in [-0.05, 0) is 59.6 Å². The number of aromatic nitrogens is 2. The second-order valence-corrected chi connectivity index (χ2v) is 7.71. The van der Waals surface area contributed by atoms with E-state index in [1.54, 1.807) is 18.2 Å². The lowest BCUT2D eigenvalue weighted by molar-refractivity contribution is 0.473. The predicted octanol–water partition coefficient (Wildman–Crippen LogP) is 5.10. The lowest BCUT2D eigenvalue weighted by atomic mass is 10.1. The average molecular weight is 491 g/mol. The number of rotatable bonds is 4. The van der Waals surface area contributed by atoms with Gasteiger partial charge in [0.2, 0.25) is 0 Å². The van der Waals surface area contributed by atoms with E-state index in [-0.39, 0.29) is 5.75 Å². The van der Waals surface area contributed by atoms with Gasteiger partial charge in [0.05, 0.1) is 15.7 Å². The van der Waals surface area contributed by atoms with Gasteiger partial charge in [0.15, 0.2) is 11.6 Å². The lowest BCUT2D eigenvalue weighted by Gasteiger charge is -2.09. The van der Waals surface area contributed by atoms with Crippen LogP contribution in [0.15, 0.2) is 56.5 Å². The number of nitrogen functional groups attached to an aromatic ring is 1. The molecular weight excluding hydrogens is 474 g/mol. The van der Waals surface area contributed by atoms with Crippen molar-refractivity contribution in [2.45, 2.75) is 13.8 Å². The fourth-order valence-electron chi connectivity index (χ4n) is 2.45.